The Morgan fingerprint density at radius 3 is 2.77 bits per heavy atom. The topological polar surface area (TPSA) is 81.8 Å². The van der Waals surface area contributed by atoms with Crippen LogP contribution in [0.1, 0.15) is 25.1 Å². The first-order valence-electron chi connectivity index (χ1n) is 8.88. The van der Waals surface area contributed by atoms with Gasteiger partial charge in [-0.2, -0.15) is 0 Å². The van der Waals surface area contributed by atoms with Crippen LogP contribution < -0.4 is 20.5 Å². The maximum absolute atomic E-state index is 6.01. The summed E-state index contributed by atoms with van der Waals surface area (Å²) in [5, 5.41) is 3.15. The second-order valence-electron chi connectivity index (χ2n) is 6.94. The SMILES string of the molecule is CC(C)(CN=C(N)NCCc1ccccn1)c1ccc2c(c1)OCCO2. The van der Waals surface area contributed by atoms with Crippen molar-refractivity contribution in [2.24, 2.45) is 10.7 Å². The smallest absolute Gasteiger partial charge is 0.188 e. The summed E-state index contributed by atoms with van der Waals surface area (Å²) < 4.78 is 11.3. The minimum atomic E-state index is -0.164. The van der Waals surface area contributed by atoms with Crippen LogP contribution in [0.2, 0.25) is 0 Å². The molecule has 0 spiro atoms. The molecule has 2 aromatic rings. The van der Waals surface area contributed by atoms with Crippen LogP contribution in [-0.2, 0) is 11.8 Å². The predicted octanol–water partition coefficient (Wildman–Crippen LogP) is 2.28. The van der Waals surface area contributed by atoms with Gasteiger partial charge in [-0.25, -0.2) is 0 Å². The number of aliphatic imine (C=N–C) groups is 1. The molecule has 0 atom stereocenters. The van der Waals surface area contributed by atoms with Crippen LogP contribution >= 0.6 is 0 Å². The zero-order valence-corrected chi connectivity index (χ0v) is 15.4. The van der Waals surface area contributed by atoms with E-state index in [1.54, 1.807) is 6.20 Å². The van der Waals surface area contributed by atoms with Gasteiger partial charge in [-0.05, 0) is 29.8 Å². The Kier molecular flexibility index (Phi) is 5.61. The van der Waals surface area contributed by atoms with Gasteiger partial charge in [-0.15, -0.1) is 0 Å². The number of hydrogen-bond acceptors (Lipinski definition) is 4. The lowest BCUT2D eigenvalue weighted by Crippen LogP contribution is -2.35. The number of pyridine rings is 1. The molecule has 0 fully saturated rings. The Balaban J connectivity index is 1.55. The number of ether oxygens (including phenoxy) is 2. The minimum Gasteiger partial charge on any atom is -0.486 e. The summed E-state index contributed by atoms with van der Waals surface area (Å²) in [5.74, 6) is 2.05. The number of hydrogen-bond donors (Lipinski definition) is 2. The van der Waals surface area contributed by atoms with Gasteiger partial charge >= 0.3 is 0 Å². The highest BCUT2D eigenvalue weighted by molar-refractivity contribution is 5.77. The summed E-state index contributed by atoms with van der Waals surface area (Å²) in [7, 11) is 0. The Labute approximate surface area is 154 Å². The highest BCUT2D eigenvalue weighted by Gasteiger charge is 2.23. The summed E-state index contributed by atoms with van der Waals surface area (Å²) in [4.78, 5) is 8.80. The first kappa shape index (κ1) is 18.0. The molecule has 0 bridgehead atoms. The molecule has 0 aliphatic carbocycles. The average molecular weight is 354 g/mol. The van der Waals surface area contributed by atoms with E-state index in [0.717, 1.165) is 29.2 Å². The third-order valence-corrected chi connectivity index (χ3v) is 4.38. The van der Waals surface area contributed by atoms with Crippen molar-refractivity contribution < 1.29 is 9.47 Å². The van der Waals surface area contributed by atoms with Gasteiger partial charge in [-0.3, -0.25) is 9.98 Å². The lowest BCUT2D eigenvalue weighted by Gasteiger charge is -2.26. The van der Waals surface area contributed by atoms with Gasteiger partial charge in [0.05, 0.1) is 6.54 Å². The van der Waals surface area contributed by atoms with Gasteiger partial charge in [0.15, 0.2) is 17.5 Å². The molecule has 0 amide bonds. The van der Waals surface area contributed by atoms with E-state index in [1.807, 2.05) is 30.3 Å². The Hall–Kier alpha value is -2.76. The molecule has 6 heteroatoms. The number of nitrogens with zero attached hydrogens (tertiary/aromatic N) is 2. The van der Waals surface area contributed by atoms with Crippen molar-refractivity contribution in [1.29, 1.82) is 0 Å². The van der Waals surface area contributed by atoms with Crippen LogP contribution in [0.15, 0.2) is 47.6 Å². The molecule has 138 valence electrons. The molecule has 0 unspecified atom stereocenters. The van der Waals surface area contributed by atoms with Gasteiger partial charge in [0, 0.05) is 30.3 Å². The van der Waals surface area contributed by atoms with Crippen LogP contribution in [-0.4, -0.2) is 37.2 Å². The molecule has 3 rings (SSSR count). The van der Waals surface area contributed by atoms with Gasteiger partial charge in [0.2, 0.25) is 0 Å². The number of aromatic nitrogens is 1. The fraction of sp³-hybridized carbons (Fsp3) is 0.400. The monoisotopic (exact) mass is 354 g/mol. The molecule has 2 heterocycles. The number of fused-ring (bicyclic) bond motifs is 1. The van der Waals surface area contributed by atoms with Crippen molar-refractivity contribution in [3.05, 3.63) is 53.9 Å². The van der Waals surface area contributed by atoms with E-state index < -0.39 is 0 Å². The van der Waals surface area contributed by atoms with Gasteiger partial charge in [0.25, 0.3) is 0 Å². The molecular weight excluding hydrogens is 328 g/mol. The van der Waals surface area contributed by atoms with Crippen LogP contribution in [0.25, 0.3) is 0 Å². The molecule has 1 aromatic carbocycles. The summed E-state index contributed by atoms with van der Waals surface area (Å²) >= 11 is 0. The van der Waals surface area contributed by atoms with E-state index in [-0.39, 0.29) is 5.41 Å². The quantitative estimate of drug-likeness (QED) is 0.614. The minimum absolute atomic E-state index is 0.164. The van der Waals surface area contributed by atoms with Gasteiger partial charge in [-0.1, -0.05) is 26.0 Å². The number of benzene rings is 1. The Morgan fingerprint density at radius 1 is 1.19 bits per heavy atom. The van der Waals surface area contributed by atoms with Crippen molar-refractivity contribution in [3.8, 4) is 11.5 Å². The molecular formula is C20H26N4O2. The van der Waals surface area contributed by atoms with Crippen molar-refractivity contribution in [2.75, 3.05) is 26.3 Å². The molecule has 1 aromatic heterocycles. The van der Waals surface area contributed by atoms with Crippen molar-refractivity contribution in [1.82, 2.24) is 10.3 Å². The molecule has 26 heavy (non-hydrogen) atoms. The van der Waals surface area contributed by atoms with Crippen LogP contribution in [0, 0.1) is 0 Å². The lowest BCUT2D eigenvalue weighted by molar-refractivity contribution is 0.171. The number of guanidine groups is 1. The summed E-state index contributed by atoms with van der Waals surface area (Å²) in [6, 6.07) is 12.0. The third kappa shape index (κ3) is 4.65. The largest absolute Gasteiger partial charge is 0.486 e. The van der Waals surface area contributed by atoms with E-state index in [1.165, 1.54) is 0 Å². The van der Waals surface area contributed by atoms with E-state index in [9.17, 15) is 0 Å². The standard InChI is InChI=1S/C20H26N4O2/c1-20(2,15-6-7-17-18(13-15)26-12-11-25-17)14-24-19(21)23-10-8-16-5-3-4-9-22-16/h3-7,9,13H,8,10-12,14H2,1-2H3,(H3,21,23,24). The summed E-state index contributed by atoms with van der Waals surface area (Å²) in [6.45, 7) is 6.75. The Morgan fingerprint density at radius 2 is 2.00 bits per heavy atom. The summed E-state index contributed by atoms with van der Waals surface area (Å²) in [5.41, 5.74) is 8.02. The summed E-state index contributed by atoms with van der Waals surface area (Å²) in [6.07, 6.45) is 2.60. The molecule has 1 aliphatic rings. The molecule has 1 aliphatic heterocycles. The highest BCUT2D eigenvalue weighted by Crippen LogP contribution is 2.35. The van der Waals surface area contributed by atoms with Crippen molar-refractivity contribution in [2.45, 2.75) is 25.7 Å². The second-order valence-corrected chi connectivity index (χ2v) is 6.94. The van der Waals surface area contributed by atoms with E-state index in [0.29, 0.717) is 32.3 Å². The fourth-order valence-electron chi connectivity index (χ4n) is 2.76. The number of nitrogens with one attached hydrogen (secondary N) is 1. The van der Waals surface area contributed by atoms with Crippen LogP contribution in [0.3, 0.4) is 0 Å². The van der Waals surface area contributed by atoms with Crippen LogP contribution in [0.5, 0.6) is 11.5 Å². The maximum atomic E-state index is 6.01. The van der Waals surface area contributed by atoms with Gasteiger partial charge < -0.3 is 20.5 Å². The zero-order chi connectivity index (χ0) is 18.4. The van der Waals surface area contributed by atoms with Crippen molar-refractivity contribution >= 4 is 5.96 Å². The normalized spacial score (nSPS) is 14.2. The number of nitrogens with two attached hydrogens (primary N) is 1. The highest BCUT2D eigenvalue weighted by atomic mass is 16.6. The molecule has 0 radical (unpaired) electrons. The fourth-order valence-corrected chi connectivity index (χ4v) is 2.76. The predicted molar refractivity (Wildman–Crippen MR) is 103 cm³/mol. The Bertz CT molecular complexity index is 760. The van der Waals surface area contributed by atoms with E-state index in [2.05, 4.69) is 35.2 Å². The number of rotatable bonds is 6. The van der Waals surface area contributed by atoms with Gasteiger partial charge in [0.1, 0.15) is 13.2 Å². The second kappa shape index (κ2) is 8.08. The van der Waals surface area contributed by atoms with Crippen molar-refractivity contribution in [3.63, 3.8) is 0 Å². The van der Waals surface area contributed by atoms with Crippen LogP contribution in [0.4, 0.5) is 0 Å². The zero-order valence-electron chi connectivity index (χ0n) is 15.4. The third-order valence-electron chi connectivity index (χ3n) is 4.38. The molecule has 6 nitrogen and oxygen atoms in total. The first-order valence-corrected chi connectivity index (χ1v) is 8.88. The first-order chi connectivity index (χ1) is 12.5. The molecule has 3 N–H and O–H groups in total. The molecule has 0 saturated carbocycles. The van der Waals surface area contributed by atoms with E-state index >= 15 is 0 Å². The maximum Gasteiger partial charge on any atom is 0.188 e. The molecule has 0 saturated heterocycles. The van der Waals surface area contributed by atoms with E-state index in [4.69, 9.17) is 15.2 Å². The average Bonchev–Trinajstić information content (AvgIpc) is 2.67. The lowest BCUT2D eigenvalue weighted by atomic mass is 9.84.